The van der Waals surface area contributed by atoms with Gasteiger partial charge in [-0.1, -0.05) is 15.9 Å². The second-order valence-electron chi connectivity index (χ2n) is 4.26. The number of hydrogen-bond acceptors (Lipinski definition) is 3. The number of hydrogen-bond donors (Lipinski definition) is 3. The van der Waals surface area contributed by atoms with E-state index < -0.39 is 5.91 Å². The van der Waals surface area contributed by atoms with E-state index in [-0.39, 0.29) is 12.4 Å². The maximum absolute atomic E-state index is 13.6. The summed E-state index contributed by atoms with van der Waals surface area (Å²) >= 11 is 3.29. The van der Waals surface area contributed by atoms with E-state index in [0.717, 1.165) is 4.47 Å². The summed E-state index contributed by atoms with van der Waals surface area (Å²) in [6.45, 7) is 0.283. The number of carbonyl (C=O) groups is 1. The first-order valence-electron chi connectivity index (χ1n) is 5.84. The lowest BCUT2D eigenvalue weighted by Gasteiger charge is -2.11. The molecule has 20 heavy (non-hydrogen) atoms. The van der Waals surface area contributed by atoms with Gasteiger partial charge in [0.1, 0.15) is 5.82 Å². The normalized spacial score (nSPS) is 10.3. The van der Waals surface area contributed by atoms with Crippen LogP contribution in [-0.2, 0) is 6.54 Å². The van der Waals surface area contributed by atoms with Gasteiger partial charge in [0.25, 0.3) is 0 Å². The summed E-state index contributed by atoms with van der Waals surface area (Å²) in [4.78, 5) is 11.0. The fourth-order valence-corrected chi connectivity index (χ4v) is 2.15. The number of halogens is 2. The van der Waals surface area contributed by atoms with Crippen LogP contribution in [0.1, 0.15) is 15.9 Å². The summed E-state index contributed by atoms with van der Waals surface area (Å²) < 4.78 is 14.4. The molecule has 104 valence electrons. The molecule has 5 N–H and O–H groups in total. The summed E-state index contributed by atoms with van der Waals surface area (Å²) in [6.07, 6.45) is 0. The second-order valence-corrected chi connectivity index (χ2v) is 5.17. The van der Waals surface area contributed by atoms with Crippen molar-refractivity contribution in [2.75, 3.05) is 11.1 Å². The molecular formula is C14H13BrFN3O. The van der Waals surface area contributed by atoms with Crippen LogP contribution in [0.15, 0.2) is 40.9 Å². The number of nitrogen functional groups attached to an aromatic ring is 1. The van der Waals surface area contributed by atoms with Crippen LogP contribution >= 0.6 is 15.9 Å². The van der Waals surface area contributed by atoms with Crippen LogP contribution in [0.2, 0.25) is 0 Å². The highest BCUT2D eigenvalue weighted by atomic mass is 79.9. The van der Waals surface area contributed by atoms with Crippen LogP contribution in [0.4, 0.5) is 15.8 Å². The molecule has 0 atom stereocenters. The summed E-state index contributed by atoms with van der Waals surface area (Å²) in [5, 5.41) is 3.03. The predicted molar refractivity (Wildman–Crippen MR) is 80.8 cm³/mol. The van der Waals surface area contributed by atoms with Crippen molar-refractivity contribution in [3.8, 4) is 0 Å². The van der Waals surface area contributed by atoms with Gasteiger partial charge in [-0.15, -0.1) is 0 Å². The van der Waals surface area contributed by atoms with Crippen molar-refractivity contribution < 1.29 is 9.18 Å². The third-order valence-corrected chi connectivity index (χ3v) is 3.31. The standard InChI is InChI=1S/C14H13BrFN3O/c15-10-2-3-11(16)9(5-10)7-19-13-4-1-8(14(18)20)6-12(13)17/h1-6,19H,7,17H2,(H2,18,20). The Kier molecular flexibility index (Phi) is 4.24. The van der Waals surface area contributed by atoms with Gasteiger partial charge in [0, 0.05) is 22.1 Å². The average molecular weight is 338 g/mol. The lowest BCUT2D eigenvalue weighted by molar-refractivity contribution is 0.100. The molecule has 1 amide bonds. The quantitative estimate of drug-likeness (QED) is 0.750. The Morgan fingerprint density at radius 1 is 1.25 bits per heavy atom. The van der Waals surface area contributed by atoms with Gasteiger partial charge in [0.2, 0.25) is 5.91 Å². The summed E-state index contributed by atoms with van der Waals surface area (Å²) in [7, 11) is 0. The van der Waals surface area contributed by atoms with E-state index in [0.29, 0.717) is 22.5 Å². The Balaban J connectivity index is 2.15. The molecule has 0 unspecified atom stereocenters. The highest BCUT2D eigenvalue weighted by molar-refractivity contribution is 9.10. The lowest BCUT2D eigenvalue weighted by Crippen LogP contribution is -2.12. The molecule has 0 aliphatic carbocycles. The largest absolute Gasteiger partial charge is 0.397 e. The van der Waals surface area contributed by atoms with Crippen LogP contribution in [0.3, 0.4) is 0 Å². The first-order valence-corrected chi connectivity index (χ1v) is 6.64. The number of rotatable bonds is 4. The van der Waals surface area contributed by atoms with E-state index in [4.69, 9.17) is 11.5 Å². The van der Waals surface area contributed by atoms with E-state index in [1.165, 1.54) is 12.1 Å². The Morgan fingerprint density at radius 2 is 2.00 bits per heavy atom. The van der Waals surface area contributed by atoms with Gasteiger partial charge < -0.3 is 16.8 Å². The topological polar surface area (TPSA) is 81.1 Å². The molecule has 6 heteroatoms. The molecule has 2 aromatic carbocycles. The maximum atomic E-state index is 13.6. The molecule has 4 nitrogen and oxygen atoms in total. The molecule has 0 spiro atoms. The van der Waals surface area contributed by atoms with Crippen LogP contribution in [0.5, 0.6) is 0 Å². The molecule has 2 rings (SSSR count). The first kappa shape index (κ1) is 14.3. The van der Waals surface area contributed by atoms with Crippen molar-refractivity contribution >= 4 is 33.2 Å². The molecule has 0 bridgehead atoms. The van der Waals surface area contributed by atoms with Crippen LogP contribution in [-0.4, -0.2) is 5.91 Å². The fraction of sp³-hybridized carbons (Fsp3) is 0.0714. The van der Waals surface area contributed by atoms with Crippen LogP contribution < -0.4 is 16.8 Å². The maximum Gasteiger partial charge on any atom is 0.248 e. The highest BCUT2D eigenvalue weighted by Crippen LogP contribution is 2.22. The lowest BCUT2D eigenvalue weighted by atomic mass is 10.1. The molecule has 0 aromatic heterocycles. The number of amides is 1. The van der Waals surface area contributed by atoms with E-state index in [1.807, 2.05) is 0 Å². The minimum atomic E-state index is -0.540. The van der Waals surface area contributed by atoms with Crippen molar-refractivity contribution in [2.24, 2.45) is 5.73 Å². The molecular weight excluding hydrogens is 325 g/mol. The highest BCUT2D eigenvalue weighted by Gasteiger charge is 2.06. The van der Waals surface area contributed by atoms with Crippen molar-refractivity contribution in [3.63, 3.8) is 0 Å². The molecule has 0 radical (unpaired) electrons. The molecule has 0 aliphatic heterocycles. The Bertz CT molecular complexity index is 661. The van der Waals surface area contributed by atoms with Crippen molar-refractivity contribution in [3.05, 3.63) is 57.8 Å². The Labute approximate surface area is 124 Å². The smallest absolute Gasteiger partial charge is 0.248 e. The molecule has 0 saturated heterocycles. The summed E-state index contributed by atoms with van der Waals surface area (Å²) in [5.41, 5.74) is 12.8. The minimum absolute atomic E-state index is 0.283. The van der Waals surface area contributed by atoms with Gasteiger partial charge in [0.15, 0.2) is 0 Å². The zero-order valence-electron chi connectivity index (χ0n) is 10.5. The Morgan fingerprint density at radius 3 is 2.65 bits per heavy atom. The monoisotopic (exact) mass is 337 g/mol. The predicted octanol–water partition coefficient (Wildman–Crippen LogP) is 2.88. The molecule has 0 aliphatic rings. The SMILES string of the molecule is NC(=O)c1ccc(NCc2cc(Br)ccc2F)c(N)c1. The number of primary amides is 1. The number of carbonyl (C=O) groups excluding carboxylic acids is 1. The van der Waals surface area contributed by atoms with Crippen molar-refractivity contribution in [2.45, 2.75) is 6.54 Å². The number of benzene rings is 2. The van der Waals surface area contributed by atoms with Crippen LogP contribution in [0, 0.1) is 5.82 Å². The molecule has 0 fully saturated rings. The zero-order chi connectivity index (χ0) is 14.7. The van der Waals surface area contributed by atoms with Gasteiger partial charge in [-0.05, 0) is 36.4 Å². The molecule has 2 aromatic rings. The summed E-state index contributed by atoms with van der Waals surface area (Å²) in [6, 6.07) is 9.41. The first-order chi connectivity index (χ1) is 9.47. The number of anilines is 2. The fourth-order valence-electron chi connectivity index (χ4n) is 1.75. The van der Waals surface area contributed by atoms with Gasteiger partial charge in [0.05, 0.1) is 11.4 Å². The Hall–Kier alpha value is -2.08. The zero-order valence-corrected chi connectivity index (χ0v) is 12.1. The van der Waals surface area contributed by atoms with Gasteiger partial charge >= 0.3 is 0 Å². The minimum Gasteiger partial charge on any atom is -0.397 e. The average Bonchev–Trinajstić information content (AvgIpc) is 2.40. The second kappa shape index (κ2) is 5.92. The van der Waals surface area contributed by atoms with Gasteiger partial charge in [-0.2, -0.15) is 0 Å². The van der Waals surface area contributed by atoms with Gasteiger partial charge in [-0.25, -0.2) is 4.39 Å². The number of nitrogens with one attached hydrogen (secondary N) is 1. The molecule has 0 heterocycles. The third kappa shape index (κ3) is 3.27. The van der Waals surface area contributed by atoms with E-state index in [9.17, 15) is 9.18 Å². The van der Waals surface area contributed by atoms with Crippen molar-refractivity contribution in [1.29, 1.82) is 0 Å². The van der Waals surface area contributed by atoms with Gasteiger partial charge in [-0.3, -0.25) is 4.79 Å². The molecule has 0 saturated carbocycles. The van der Waals surface area contributed by atoms with E-state index in [2.05, 4.69) is 21.2 Å². The summed E-state index contributed by atoms with van der Waals surface area (Å²) in [5.74, 6) is -0.839. The number of nitrogens with two attached hydrogens (primary N) is 2. The van der Waals surface area contributed by atoms with Crippen molar-refractivity contribution in [1.82, 2.24) is 0 Å². The van der Waals surface area contributed by atoms with E-state index >= 15 is 0 Å². The van der Waals surface area contributed by atoms with Crippen LogP contribution in [0.25, 0.3) is 0 Å². The van der Waals surface area contributed by atoms with E-state index in [1.54, 1.807) is 24.3 Å². The third-order valence-electron chi connectivity index (χ3n) is 2.81.